The molecule has 0 aromatic carbocycles. The van der Waals surface area contributed by atoms with Gasteiger partial charge in [0, 0.05) is 18.3 Å². The Morgan fingerprint density at radius 2 is 1.94 bits per heavy atom. The maximum Gasteiger partial charge on any atom is 0.321 e. The van der Waals surface area contributed by atoms with Crippen molar-refractivity contribution in [3.63, 3.8) is 0 Å². The highest BCUT2D eigenvalue weighted by Crippen LogP contribution is 2.22. The highest BCUT2D eigenvalue weighted by atomic mass is 16.2. The molecule has 3 nitrogen and oxygen atoms in total. The van der Waals surface area contributed by atoms with Gasteiger partial charge in [0.25, 0.3) is 0 Å². The van der Waals surface area contributed by atoms with Crippen molar-refractivity contribution in [1.29, 1.82) is 0 Å². The molecule has 2 unspecified atom stereocenters. The number of rotatable bonds is 2. The first-order chi connectivity index (χ1) is 7.56. The largest absolute Gasteiger partial charge is 0.321 e. The molecular weight excluding hydrogens is 200 g/mol. The molecule has 1 fully saturated rings. The minimum absolute atomic E-state index is 0.0486. The number of piperidine rings is 1. The van der Waals surface area contributed by atoms with E-state index in [1.165, 1.54) is 12.0 Å². The zero-order valence-electron chi connectivity index (χ0n) is 10.9. The smallest absolute Gasteiger partial charge is 0.319 e. The van der Waals surface area contributed by atoms with Crippen molar-refractivity contribution in [2.75, 3.05) is 0 Å². The fraction of sp³-hybridized carbons (Fsp3) is 0.769. The van der Waals surface area contributed by atoms with Crippen molar-refractivity contribution in [3.8, 4) is 0 Å². The number of nitrogens with one attached hydrogen (secondary N) is 1. The molecular formula is C13H24N2O. The predicted molar refractivity (Wildman–Crippen MR) is 67.2 cm³/mol. The summed E-state index contributed by atoms with van der Waals surface area (Å²) >= 11 is 0. The normalized spacial score (nSPS) is 26.8. The van der Waals surface area contributed by atoms with E-state index >= 15 is 0 Å². The van der Waals surface area contributed by atoms with Gasteiger partial charge in [-0.2, -0.15) is 0 Å². The first-order valence-corrected chi connectivity index (χ1v) is 6.30. The average molecular weight is 224 g/mol. The third kappa shape index (κ3) is 3.26. The fourth-order valence-electron chi connectivity index (χ4n) is 2.18. The molecule has 92 valence electrons. The number of carbonyl (C=O) groups is 1. The van der Waals surface area contributed by atoms with E-state index in [9.17, 15) is 4.79 Å². The van der Waals surface area contributed by atoms with E-state index in [0.717, 1.165) is 19.3 Å². The van der Waals surface area contributed by atoms with Crippen LogP contribution in [0.4, 0.5) is 4.79 Å². The number of hydrogen-bond donors (Lipinski definition) is 1. The van der Waals surface area contributed by atoms with Crippen LogP contribution >= 0.6 is 0 Å². The van der Waals surface area contributed by atoms with E-state index in [4.69, 9.17) is 0 Å². The van der Waals surface area contributed by atoms with Gasteiger partial charge in [-0.05, 0) is 46.5 Å². The molecule has 0 aliphatic carbocycles. The summed E-state index contributed by atoms with van der Waals surface area (Å²) in [5.41, 5.74) is 1.20. The Balaban J connectivity index is 2.57. The molecule has 2 amide bonds. The second-order valence-corrected chi connectivity index (χ2v) is 4.83. The number of urea groups is 1. The first-order valence-electron chi connectivity index (χ1n) is 6.30. The molecule has 1 N–H and O–H groups in total. The Morgan fingerprint density at radius 3 is 2.44 bits per heavy atom. The van der Waals surface area contributed by atoms with Gasteiger partial charge < -0.3 is 10.2 Å². The number of carbonyl (C=O) groups excluding carboxylic acids is 1. The molecule has 0 saturated carbocycles. The summed E-state index contributed by atoms with van der Waals surface area (Å²) in [7, 11) is 0. The van der Waals surface area contributed by atoms with E-state index in [1.54, 1.807) is 0 Å². The number of allylic oxidation sites excluding steroid dienone is 1. The molecule has 1 aliphatic rings. The molecule has 0 aromatic rings. The summed E-state index contributed by atoms with van der Waals surface area (Å²) in [5.74, 6) is 0. The van der Waals surface area contributed by atoms with E-state index < -0.39 is 0 Å². The summed E-state index contributed by atoms with van der Waals surface area (Å²) in [6.45, 7) is 8.38. The summed E-state index contributed by atoms with van der Waals surface area (Å²) in [4.78, 5) is 14.0. The average Bonchev–Trinajstić information content (AvgIpc) is 2.25. The highest BCUT2D eigenvalue weighted by Gasteiger charge is 2.28. The van der Waals surface area contributed by atoms with E-state index in [0.29, 0.717) is 12.1 Å². The maximum atomic E-state index is 12.0. The van der Waals surface area contributed by atoms with Gasteiger partial charge in [-0.25, -0.2) is 4.79 Å². The quantitative estimate of drug-likeness (QED) is 0.767. The first kappa shape index (κ1) is 13.1. The predicted octanol–water partition coefficient (Wildman–Crippen LogP) is 3.27. The molecule has 3 heteroatoms. The van der Waals surface area contributed by atoms with Gasteiger partial charge in [0.05, 0.1) is 0 Å². The summed E-state index contributed by atoms with van der Waals surface area (Å²) in [6, 6.07) is 0.769. The van der Waals surface area contributed by atoms with Crippen LogP contribution in [0.5, 0.6) is 0 Å². The van der Waals surface area contributed by atoms with E-state index in [-0.39, 0.29) is 6.03 Å². The van der Waals surface area contributed by atoms with Crippen LogP contribution in [0.3, 0.4) is 0 Å². The van der Waals surface area contributed by atoms with Crippen LogP contribution in [0.15, 0.2) is 11.8 Å². The Hall–Kier alpha value is -0.990. The fourth-order valence-corrected chi connectivity index (χ4v) is 2.18. The topological polar surface area (TPSA) is 32.3 Å². The van der Waals surface area contributed by atoms with E-state index in [1.807, 2.05) is 18.0 Å². The van der Waals surface area contributed by atoms with Gasteiger partial charge in [-0.15, -0.1) is 0 Å². The lowest BCUT2D eigenvalue weighted by Crippen LogP contribution is -2.50. The van der Waals surface area contributed by atoms with Gasteiger partial charge in [0.1, 0.15) is 0 Å². The number of amides is 2. The minimum Gasteiger partial charge on any atom is -0.319 e. The number of hydrogen-bond acceptors (Lipinski definition) is 1. The van der Waals surface area contributed by atoms with Crippen LogP contribution in [0.2, 0.25) is 0 Å². The van der Waals surface area contributed by atoms with Gasteiger partial charge in [-0.3, -0.25) is 0 Å². The number of likely N-dealkylation sites (tertiary alicyclic amines) is 1. The molecule has 1 saturated heterocycles. The highest BCUT2D eigenvalue weighted by molar-refractivity contribution is 5.76. The van der Waals surface area contributed by atoms with Crippen LogP contribution < -0.4 is 5.32 Å². The minimum atomic E-state index is 0.0486. The lowest BCUT2D eigenvalue weighted by atomic mass is 9.98. The number of nitrogens with zero attached hydrogens (tertiary/aromatic N) is 1. The van der Waals surface area contributed by atoms with Crippen molar-refractivity contribution < 1.29 is 4.79 Å². The zero-order chi connectivity index (χ0) is 12.1. The van der Waals surface area contributed by atoms with Crippen LogP contribution in [0, 0.1) is 0 Å². The van der Waals surface area contributed by atoms with Gasteiger partial charge in [0.2, 0.25) is 0 Å². The summed E-state index contributed by atoms with van der Waals surface area (Å²) in [5, 5.41) is 2.89. The molecule has 0 aromatic heterocycles. The Kier molecular flexibility index (Phi) is 4.84. The van der Waals surface area contributed by atoms with Crippen LogP contribution in [0.1, 0.15) is 53.4 Å². The monoisotopic (exact) mass is 224 g/mol. The molecule has 1 rings (SSSR count). The molecule has 16 heavy (non-hydrogen) atoms. The van der Waals surface area contributed by atoms with Crippen molar-refractivity contribution in [3.05, 3.63) is 11.8 Å². The standard InChI is InChI=1S/C13H24N2O/c1-5-10(2)9-14-13(16)15-11(3)7-6-8-12(15)4/h9,11-12H,5-8H2,1-4H3,(H,14,16)/b10-9+. The molecule has 1 aliphatic heterocycles. The molecule has 1 heterocycles. The second kappa shape index (κ2) is 5.92. The molecule has 0 spiro atoms. The lowest BCUT2D eigenvalue weighted by Gasteiger charge is -2.38. The summed E-state index contributed by atoms with van der Waals surface area (Å²) < 4.78 is 0. The van der Waals surface area contributed by atoms with Crippen LogP contribution in [-0.4, -0.2) is 23.0 Å². The summed E-state index contributed by atoms with van der Waals surface area (Å²) in [6.07, 6.45) is 6.28. The van der Waals surface area contributed by atoms with Gasteiger partial charge in [0.15, 0.2) is 0 Å². The lowest BCUT2D eigenvalue weighted by molar-refractivity contribution is 0.125. The van der Waals surface area contributed by atoms with Gasteiger partial charge >= 0.3 is 6.03 Å². The van der Waals surface area contributed by atoms with Crippen molar-refractivity contribution in [2.24, 2.45) is 0 Å². The molecule has 0 radical (unpaired) electrons. The van der Waals surface area contributed by atoms with Crippen LogP contribution in [0.25, 0.3) is 0 Å². The Morgan fingerprint density at radius 1 is 1.38 bits per heavy atom. The van der Waals surface area contributed by atoms with Crippen molar-refractivity contribution >= 4 is 6.03 Å². The van der Waals surface area contributed by atoms with Crippen molar-refractivity contribution in [2.45, 2.75) is 65.5 Å². The second-order valence-electron chi connectivity index (χ2n) is 4.83. The molecule has 2 atom stereocenters. The zero-order valence-corrected chi connectivity index (χ0v) is 10.9. The Bertz CT molecular complexity index is 263. The van der Waals surface area contributed by atoms with Gasteiger partial charge in [-0.1, -0.05) is 12.5 Å². The SMILES string of the molecule is CC/C(C)=C/NC(=O)N1C(C)CCCC1C. The van der Waals surface area contributed by atoms with E-state index in [2.05, 4.69) is 26.1 Å². The van der Waals surface area contributed by atoms with Crippen LogP contribution in [-0.2, 0) is 0 Å². The molecule has 0 bridgehead atoms. The third-order valence-corrected chi connectivity index (χ3v) is 3.43. The van der Waals surface area contributed by atoms with Crippen molar-refractivity contribution in [1.82, 2.24) is 10.2 Å². The third-order valence-electron chi connectivity index (χ3n) is 3.43. The Labute approximate surface area is 98.9 Å². The maximum absolute atomic E-state index is 12.0.